The first-order chi connectivity index (χ1) is 16.9. The van der Waals surface area contributed by atoms with Crippen molar-refractivity contribution in [2.24, 2.45) is 17.8 Å². The maximum Gasteiger partial charge on any atom is 0.247 e. The van der Waals surface area contributed by atoms with Gasteiger partial charge in [0.1, 0.15) is 23.8 Å². The normalized spacial score (nSPS) is 31.0. The molecule has 11 nitrogen and oxygen atoms in total. The van der Waals surface area contributed by atoms with Gasteiger partial charge in [0.2, 0.25) is 17.7 Å². The van der Waals surface area contributed by atoms with Crippen LogP contribution in [0.5, 0.6) is 0 Å². The van der Waals surface area contributed by atoms with Gasteiger partial charge in [-0.2, -0.15) is 0 Å². The molecule has 188 valence electrons. The van der Waals surface area contributed by atoms with Gasteiger partial charge in [0.15, 0.2) is 0 Å². The summed E-state index contributed by atoms with van der Waals surface area (Å²) in [7, 11) is 1.54. The fourth-order valence-corrected chi connectivity index (χ4v) is 6.31. The first kappa shape index (κ1) is 23.7. The summed E-state index contributed by atoms with van der Waals surface area (Å²) < 4.78 is 7.95. The SMILES string of the molecule is CC[C@H](C)[C@H](CO)N1C(=O)[C@@H]2[C@H](C(=O)NC)[C@@H]3CCC2(O3)C1C(=O)NCn1nnc2ccccc21. The van der Waals surface area contributed by atoms with E-state index in [0.29, 0.717) is 24.8 Å². The molecule has 3 aliphatic rings. The Kier molecular flexibility index (Phi) is 6.00. The molecule has 1 aromatic carbocycles. The van der Waals surface area contributed by atoms with Crippen LogP contribution in [0.1, 0.15) is 33.1 Å². The lowest BCUT2D eigenvalue weighted by atomic mass is 9.70. The van der Waals surface area contributed by atoms with Gasteiger partial charge >= 0.3 is 0 Å². The number of para-hydroxylation sites is 1. The molecule has 2 aromatic rings. The lowest BCUT2D eigenvalue weighted by Crippen LogP contribution is -2.59. The molecule has 4 heterocycles. The predicted octanol–water partition coefficient (Wildman–Crippen LogP) is 0.0326. The first-order valence-corrected chi connectivity index (χ1v) is 12.3. The number of aliphatic hydroxyl groups excluding tert-OH is 1. The average molecular weight is 485 g/mol. The van der Waals surface area contributed by atoms with Gasteiger partial charge < -0.3 is 25.4 Å². The molecule has 3 N–H and O–H groups in total. The van der Waals surface area contributed by atoms with Crippen molar-refractivity contribution in [3.63, 3.8) is 0 Å². The Morgan fingerprint density at radius 3 is 2.80 bits per heavy atom. The number of nitrogens with one attached hydrogen (secondary N) is 2. The molecule has 1 aromatic heterocycles. The van der Waals surface area contributed by atoms with Crippen molar-refractivity contribution < 1.29 is 24.2 Å². The number of nitrogens with zero attached hydrogens (tertiary/aromatic N) is 4. The van der Waals surface area contributed by atoms with Gasteiger partial charge in [0.25, 0.3) is 0 Å². The van der Waals surface area contributed by atoms with Gasteiger partial charge in [-0.15, -0.1) is 5.10 Å². The standard InChI is InChI=1S/C24H32N6O5/c1-4-13(2)16(11-31)30-20(22(33)26-12-29-15-8-6-5-7-14(15)27-28-29)24-10-9-17(35-24)18(21(32)25-3)19(24)23(30)34/h5-8,13,16-20,31H,4,9-12H2,1-3H3,(H,25,32)(H,26,33)/t13-,16-,17-,18+,19-,20?,24?/m0/s1. The highest BCUT2D eigenvalue weighted by atomic mass is 16.5. The van der Waals surface area contributed by atoms with E-state index >= 15 is 0 Å². The Labute approximate surface area is 203 Å². The number of aliphatic hydroxyl groups is 1. The highest BCUT2D eigenvalue weighted by Crippen LogP contribution is 2.59. The summed E-state index contributed by atoms with van der Waals surface area (Å²) in [6.45, 7) is 3.71. The van der Waals surface area contributed by atoms with Crippen LogP contribution in [-0.2, 0) is 25.8 Å². The van der Waals surface area contributed by atoms with E-state index in [1.54, 1.807) is 11.7 Å². The number of amides is 3. The number of rotatable bonds is 8. The second-order valence-corrected chi connectivity index (χ2v) is 9.83. The van der Waals surface area contributed by atoms with E-state index in [2.05, 4.69) is 20.9 Å². The second kappa shape index (κ2) is 8.87. The van der Waals surface area contributed by atoms with Crippen LogP contribution in [0.2, 0.25) is 0 Å². The van der Waals surface area contributed by atoms with Crippen LogP contribution < -0.4 is 10.6 Å². The molecule has 0 saturated carbocycles. The minimum atomic E-state index is -1.10. The smallest absolute Gasteiger partial charge is 0.247 e. The van der Waals surface area contributed by atoms with E-state index in [1.807, 2.05) is 38.1 Å². The fourth-order valence-electron chi connectivity index (χ4n) is 6.31. The Morgan fingerprint density at radius 2 is 2.09 bits per heavy atom. The molecular weight excluding hydrogens is 452 g/mol. The van der Waals surface area contributed by atoms with Gasteiger partial charge in [-0.1, -0.05) is 37.6 Å². The first-order valence-electron chi connectivity index (χ1n) is 12.3. The van der Waals surface area contributed by atoms with Crippen LogP contribution in [0.15, 0.2) is 24.3 Å². The molecule has 3 amide bonds. The lowest BCUT2D eigenvalue weighted by Gasteiger charge is -2.38. The Balaban J connectivity index is 1.49. The van der Waals surface area contributed by atoms with Gasteiger partial charge in [0, 0.05) is 7.05 Å². The van der Waals surface area contributed by atoms with Gasteiger partial charge in [-0.05, 0) is 30.9 Å². The number of hydrogen-bond donors (Lipinski definition) is 3. The van der Waals surface area contributed by atoms with Crippen molar-refractivity contribution >= 4 is 28.8 Å². The highest BCUT2D eigenvalue weighted by molar-refractivity contribution is 5.99. The second-order valence-electron chi connectivity index (χ2n) is 9.83. The van der Waals surface area contributed by atoms with E-state index in [4.69, 9.17) is 4.74 Å². The summed E-state index contributed by atoms with van der Waals surface area (Å²) in [6.07, 6.45) is 1.41. The zero-order chi connectivity index (χ0) is 24.9. The molecule has 35 heavy (non-hydrogen) atoms. The van der Waals surface area contributed by atoms with Crippen molar-refractivity contribution in [3.8, 4) is 0 Å². The molecular formula is C24H32N6O5. The largest absolute Gasteiger partial charge is 0.394 e. The Hall–Kier alpha value is -3.05. The molecule has 7 atom stereocenters. The molecule has 3 fully saturated rings. The highest BCUT2D eigenvalue weighted by Gasteiger charge is 2.75. The third-order valence-corrected chi connectivity index (χ3v) is 8.20. The quantitative estimate of drug-likeness (QED) is 0.481. The summed E-state index contributed by atoms with van der Waals surface area (Å²) in [5.41, 5.74) is 0.379. The predicted molar refractivity (Wildman–Crippen MR) is 125 cm³/mol. The van der Waals surface area contributed by atoms with Gasteiger partial charge in [0.05, 0.1) is 36.1 Å². The van der Waals surface area contributed by atoms with Crippen LogP contribution >= 0.6 is 0 Å². The van der Waals surface area contributed by atoms with Crippen molar-refractivity contribution in [2.75, 3.05) is 13.7 Å². The number of benzene rings is 1. The summed E-state index contributed by atoms with van der Waals surface area (Å²) in [6, 6.07) is 5.91. The number of hydrogen-bond acceptors (Lipinski definition) is 7. The summed E-state index contributed by atoms with van der Waals surface area (Å²) in [5.74, 6) is -2.41. The van der Waals surface area contributed by atoms with Crippen molar-refractivity contribution in [2.45, 2.75) is 63.6 Å². The fraction of sp³-hybridized carbons (Fsp3) is 0.625. The monoisotopic (exact) mass is 484 g/mol. The third-order valence-electron chi connectivity index (χ3n) is 8.20. The zero-order valence-corrected chi connectivity index (χ0v) is 20.2. The maximum atomic E-state index is 13.9. The molecule has 11 heteroatoms. The summed E-state index contributed by atoms with van der Waals surface area (Å²) in [5, 5.41) is 24.1. The number of ether oxygens (including phenoxy) is 1. The Morgan fingerprint density at radius 1 is 1.31 bits per heavy atom. The van der Waals surface area contributed by atoms with Crippen molar-refractivity contribution in [3.05, 3.63) is 24.3 Å². The number of likely N-dealkylation sites (tertiary alicyclic amines) is 1. The average Bonchev–Trinajstić information content (AvgIpc) is 3.62. The molecule has 3 saturated heterocycles. The summed E-state index contributed by atoms with van der Waals surface area (Å²) in [4.78, 5) is 42.0. The molecule has 3 aliphatic heterocycles. The topological polar surface area (TPSA) is 139 Å². The van der Waals surface area contributed by atoms with Crippen LogP contribution in [-0.4, -0.2) is 80.2 Å². The number of carbonyl (C=O) groups excluding carboxylic acids is 3. The van der Waals surface area contributed by atoms with E-state index in [1.165, 1.54) is 4.90 Å². The minimum absolute atomic E-state index is 0.0515. The van der Waals surface area contributed by atoms with E-state index in [0.717, 1.165) is 5.52 Å². The third kappa shape index (κ3) is 3.43. The van der Waals surface area contributed by atoms with E-state index in [-0.39, 0.29) is 36.9 Å². The van der Waals surface area contributed by atoms with E-state index in [9.17, 15) is 19.5 Å². The molecule has 0 radical (unpaired) electrons. The number of aromatic nitrogens is 3. The summed E-state index contributed by atoms with van der Waals surface area (Å²) >= 11 is 0. The van der Waals surface area contributed by atoms with E-state index < -0.39 is 35.6 Å². The maximum absolute atomic E-state index is 13.9. The zero-order valence-electron chi connectivity index (χ0n) is 20.2. The molecule has 0 aliphatic carbocycles. The molecule has 5 rings (SSSR count). The molecule has 2 unspecified atom stereocenters. The van der Waals surface area contributed by atoms with Gasteiger partial charge in [-0.3, -0.25) is 14.4 Å². The van der Waals surface area contributed by atoms with Crippen LogP contribution in [0.25, 0.3) is 11.0 Å². The van der Waals surface area contributed by atoms with Crippen LogP contribution in [0.3, 0.4) is 0 Å². The van der Waals surface area contributed by atoms with Crippen molar-refractivity contribution in [1.82, 2.24) is 30.5 Å². The van der Waals surface area contributed by atoms with Crippen molar-refractivity contribution in [1.29, 1.82) is 0 Å². The lowest BCUT2D eigenvalue weighted by molar-refractivity contribution is -0.147. The number of carbonyl (C=O) groups is 3. The number of fused-ring (bicyclic) bond motifs is 2. The van der Waals surface area contributed by atoms with Crippen LogP contribution in [0, 0.1) is 17.8 Å². The molecule has 2 bridgehead atoms. The van der Waals surface area contributed by atoms with Crippen LogP contribution in [0.4, 0.5) is 0 Å². The molecule has 1 spiro atoms. The Bertz CT molecular complexity index is 1150. The van der Waals surface area contributed by atoms with Gasteiger partial charge in [-0.25, -0.2) is 4.68 Å². The minimum Gasteiger partial charge on any atom is -0.394 e.